The third-order valence-electron chi connectivity index (χ3n) is 2.93. The van der Waals surface area contributed by atoms with E-state index >= 15 is 0 Å². The summed E-state index contributed by atoms with van der Waals surface area (Å²) in [7, 11) is 0. The van der Waals surface area contributed by atoms with Gasteiger partial charge in [-0.1, -0.05) is 0 Å². The van der Waals surface area contributed by atoms with Crippen LogP contribution < -0.4 is 4.74 Å². The number of imidazole rings is 1. The fourth-order valence-corrected chi connectivity index (χ4v) is 3.35. The van der Waals surface area contributed by atoms with Crippen LogP contribution in [0, 0.1) is 0 Å². The Morgan fingerprint density at radius 3 is 2.60 bits per heavy atom. The molecule has 0 unspecified atom stereocenters. The highest BCUT2D eigenvalue weighted by molar-refractivity contribution is 9.11. The van der Waals surface area contributed by atoms with Gasteiger partial charge in [0.1, 0.15) is 5.75 Å². The average Bonchev–Trinajstić information content (AvgIpc) is 2.84. The van der Waals surface area contributed by atoms with Crippen LogP contribution in [-0.4, -0.2) is 16.0 Å². The molecule has 0 amide bonds. The first kappa shape index (κ1) is 13.6. The first-order chi connectivity index (χ1) is 9.67. The zero-order valence-electron chi connectivity index (χ0n) is 10.8. The molecule has 0 spiro atoms. The van der Waals surface area contributed by atoms with Gasteiger partial charge >= 0.3 is 0 Å². The van der Waals surface area contributed by atoms with Crippen molar-refractivity contribution in [2.24, 2.45) is 0 Å². The number of nitrogens with zero attached hydrogens (tertiary/aromatic N) is 2. The van der Waals surface area contributed by atoms with Crippen molar-refractivity contribution in [2.45, 2.75) is 6.92 Å². The lowest BCUT2D eigenvalue weighted by molar-refractivity contribution is 0.340. The molecule has 0 atom stereocenters. The Labute approximate surface area is 133 Å². The van der Waals surface area contributed by atoms with Crippen molar-refractivity contribution < 1.29 is 4.74 Å². The van der Waals surface area contributed by atoms with Crippen molar-refractivity contribution in [1.29, 1.82) is 0 Å². The van der Waals surface area contributed by atoms with Crippen LogP contribution in [0.3, 0.4) is 0 Å². The van der Waals surface area contributed by atoms with Crippen LogP contribution in [-0.2, 0) is 0 Å². The first-order valence-electron chi connectivity index (χ1n) is 6.24. The molecule has 3 aromatic rings. The van der Waals surface area contributed by atoms with E-state index in [2.05, 4.69) is 36.8 Å². The number of benzene rings is 1. The molecule has 3 rings (SSSR count). The fraction of sp³-hybridized carbons (Fsp3) is 0.133. The number of aromatic nitrogens is 2. The number of hydrogen-bond acceptors (Lipinski definition) is 2. The van der Waals surface area contributed by atoms with E-state index in [4.69, 9.17) is 4.74 Å². The van der Waals surface area contributed by atoms with Gasteiger partial charge < -0.3 is 9.14 Å². The minimum absolute atomic E-state index is 0.675. The van der Waals surface area contributed by atoms with E-state index in [-0.39, 0.29) is 0 Å². The molecular formula is C15H12Br2N2O. The SMILES string of the molecule is CCOc1ccc(-c2cn3cc(Br)cc(Br)c3n2)cc1. The lowest BCUT2D eigenvalue weighted by Crippen LogP contribution is -1.90. The van der Waals surface area contributed by atoms with Gasteiger partial charge in [0.2, 0.25) is 0 Å². The van der Waals surface area contributed by atoms with E-state index in [1.54, 1.807) is 0 Å². The molecule has 0 radical (unpaired) electrons. The predicted molar refractivity (Wildman–Crippen MR) is 87.2 cm³/mol. The van der Waals surface area contributed by atoms with Crippen LogP contribution in [0.5, 0.6) is 5.75 Å². The molecule has 0 bridgehead atoms. The van der Waals surface area contributed by atoms with E-state index in [0.717, 1.165) is 31.6 Å². The summed E-state index contributed by atoms with van der Waals surface area (Å²) in [5.74, 6) is 0.879. The van der Waals surface area contributed by atoms with Gasteiger partial charge in [-0.25, -0.2) is 4.98 Å². The van der Waals surface area contributed by atoms with Crippen molar-refractivity contribution in [3.05, 3.63) is 51.7 Å². The maximum atomic E-state index is 5.45. The number of fused-ring (bicyclic) bond motifs is 1. The molecule has 2 aromatic heterocycles. The quantitative estimate of drug-likeness (QED) is 0.628. The summed E-state index contributed by atoms with van der Waals surface area (Å²) in [6.45, 7) is 2.65. The molecule has 0 saturated carbocycles. The maximum absolute atomic E-state index is 5.45. The molecule has 0 aliphatic rings. The maximum Gasteiger partial charge on any atom is 0.151 e. The highest BCUT2D eigenvalue weighted by Gasteiger charge is 2.08. The molecule has 5 heteroatoms. The zero-order valence-corrected chi connectivity index (χ0v) is 14.0. The van der Waals surface area contributed by atoms with Gasteiger partial charge in [0.25, 0.3) is 0 Å². The number of halogens is 2. The summed E-state index contributed by atoms with van der Waals surface area (Å²) in [4.78, 5) is 4.65. The van der Waals surface area contributed by atoms with Crippen LogP contribution in [0.15, 0.2) is 51.7 Å². The summed E-state index contributed by atoms with van der Waals surface area (Å²) < 4.78 is 9.42. The molecule has 20 heavy (non-hydrogen) atoms. The monoisotopic (exact) mass is 394 g/mol. The second-order valence-corrected chi connectivity index (χ2v) is 6.09. The van der Waals surface area contributed by atoms with Crippen molar-refractivity contribution in [3.63, 3.8) is 0 Å². The highest BCUT2D eigenvalue weighted by Crippen LogP contribution is 2.27. The molecule has 0 fully saturated rings. The molecular weight excluding hydrogens is 384 g/mol. The van der Waals surface area contributed by atoms with Gasteiger partial charge in [-0.15, -0.1) is 0 Å². The molecule has 2 heterocycles. The number of pyridine rings is 1. The second kappa shape index (κ2) is 5.58. The Hall–Kier alpha value is -1.33. The highest BCUT2D eigenvalue weighted by atomic mass is 79.9. The number of rotatable bonds is 3. The summed E-state index contributed by atoms with van der Waals surface area (Å²) in [5.41, 5.74) is 2.91. The summed E-state index contributed by atoms with van der Waals surface area (Å²) in [6.07, 6.45) is 4.01. The standard InChI is InChI=1S/C15H12Br2N2O/c1-2-20-12-5-3-10(4-6-12)14-9-19-8-11(16)7-13(17)15(19)18-14/h3-9H,2H2,1H3. The van der Waals surface area contributed by atoms with Crippen LogP contribution in [0.25, 0.3) is 16.9 Å². The van der Waals surface area contributed by atoms with E-state index < -0.39 is 0 Å². The zero-order chi connectivity index (χ0) is 14.1. The Kier molecular flexibility index (Phi) is 3.81. The van der Waals surface area contributed by atoms with E-state index in [0.29, 0.717) is 6.61 Å². The average molecular weight is 396 g/mol. The van der Waals surface area contributed by atoms with E-state index in [1.807, 2.05) is 54.0 Å². The molecule has 0 saturated heterocycles. The van der Waals surface area contributed by atoms with Crippen molar-refractivity contribution in [3.8, 4) is 17.0 Å². The summed E-state index contributed by atoms with van der Waals surface area (Å²) in [5, 5.41) is 0. The third-order valence-corrected chi connectivity index (χ3v) is 3.95. The van der Waals surface area contributed by atoms with E-state index in [9.17, 15) is 0 Å². The Morgan fingerprint density at radius 2 is 1.90 bits per heavy atom. The second-order valence-electron chi connectivity index (χ2n) is 4.32. The largest absolute Gasteiger partial charge is 0.494 e. The molecule has 3 nitrogen and oxygen atoms in total. The minimum atomic E-state index is 0.675. The van der Waals surface area contributed by atoms with Crippen molar-refractivity contribution >= 4 is 37.5 Å². The van der Waals surface area contributed by atoms with Gasteiger partial charge in [-0.05, 0) is 69.1 Å². The van der Waals surface area contributed by atoms with Crippen molar-refractivity contribution in [2.75, 3.05) is 6.61 Å². The van der Waals surface area contributed by atoms with Gasteiger partial charge in [-0.2, -0.15) is 0 Å². The molecule has 0 aliphatic heterocycles. The first-order valence-corrected chi connectivity index (χ1v) is 7.83. The van der Waals surface area contributed by atoms with Gasteiger partial charge in [0.05, 0.1) is 16.8 Å². The van der Waals surface area contributed by atoms with Gasteiger partial charge in [-0.3, -0.25) is 0 Å². The van der Waals surface area contributed by atoms with Crippen LogP contribution >= 0.6 is 31.9 Å². The van der Waals surface area contributed by atoms with E-state index in [1.165, 1.54) is 0 Å². The molecule has 102 valence electrons. The minimum Gasteiger partial charge on any atom is -0.494 e. The van der Waals surface area contributed by atoms with Gasteiger partial charge in [0.15, 0.2) is 5.65 Å². The summed E-state index contributed by atoms with van der Waals surface area (Å²) in [6, 6.07) is 9.97. The van der Waals surface area contributed by atoms with Crippen LogP contribution in [0.4, 0.5) is 0 Å². The molecule has 1 aromatic carbocycles. The fourth-order valence-electron chi connectivity index (χ4n) is 2.05. The van der Waals surface area contributed by atoms with Crippen LogP contribution in [0.1, 0.15) is 6.92 Å². The summed E-state index contributed by atoms with van der Waals surface area (Å²) >= 11 is 7.01. The van der Waals surface area contributed by atoms with Gasteiger partial charge in [0, 0.05) is 22.4 Å². The Morgan fingerprint density at radius 1 is 1.15 bits per heavy atom. The van der Waals surface area contributed by atoms with Crippen LogP contribution in [0.2, 0.25) is 0 Å². The number of ether oxygens (including phenoxy) is 1. The lowest BCUT2D eigenvalue weighted by atomic mass is 10.2. The lowest BCUT2D eigenvalue weighted by Gasteiger charge is -2.02. The number of hydrogen-bond donors (Lipinski definition) is 0. The molecule has 0 N–H and O–H groups in total. The Bertz CT molecular complexity index is 750. The topological polar surface area (TPSA) is 26.5 Å². The predicted octanol–water partition coefficient (Wildman–Crippen LogP) is 4.93. The third kappa shape index (κ3) is 2.60. The Balaban J connectivity index is 2.03. The normalized spacial score (nSPS) is 10.9. The molecule has 0 aliphatic carbocycles. The van der Waals surface area contributed by atoms with Crippen molar-refractivity contribution in [1.82, 2.24) is 9.38 Å². The smallest absolute Gasteiger partial charge is 0.151 e.